The predicted octanol–water partition coefficient (Wildman–Crippen LogP) is 1.87. The Bertz CT molecular complexity index is 192. The second-order valence-electron chi connectivity index (χ2n) is 4.04. The monoisotopic (exact) mass is 167 g/mol. The van der Waals surface area contributed by atoms with Gasteiger partial charge in [0.2, 0.25) is 5.91 Å². The van der Waals surface area contributed by atoms with Crippen molar-refractivity contribution in [3.8, 4) is 0 Å². The van der Waals surface area contributed by atoms with E-state index in [0.717, 1.165) is 0 Å². The van der Waals surface area contributed by atoms with Crippen molar-refractivity contribution >= 4 is 5.91 Å². The van der Waals surface area contributed by atoms with Crippen LogP contribution in [0.25, 0.3) is 0 Å². The minimum absolute atomic E-state index is 0.0521. The van der Waals surface area contributed by atoms with E-state index in [1.165, 1.54) is 25.3 Å². The first-order valence-corrected chi connectivity index (χ1v) is 4.51. The number of nitrogens with one attached hydrogen (secondary N) is 1. The molecule has 68 valence electrons. The summed E-state index contributed by atoms with van der Waals surface area (Å²) in [6, 6.07) is 0. The molecule has 0 radical (unpaired) electrons. The summed E-state index contributed by atoms with van der Waals surface area (Å²) >= 11 is 0. The molecule has 1 aliphatic carbocycles. The summed E-state index contributed by atoms with van der Waals surface area (Å²) in [5.41, 5.74) is -0.0521. The van der Waals surface area contributed by atoms with Crippen molar-refractivity contribution in [1.29, 1.82) is 0 Å². The molecule has 1 rings (SSSR count). The van der Waals surface area contributed by atoms with Gasteiger partial charge in [-0.1, -0.05) is 13.0 Å². The number of carbonyl (C=O) groups excluding carboxylic acids is 1. The fourth-order valence-electron chi connectivity index (χ4n) is 1.60. The van der Waals surface area contributed by atoms with Crippen molar-refractivity contribution in [2.24, 2.45) is 5.92 Å². The van der Waals surface area contributed by atoms with Gasteiger partial charge in [0.1, 0.15) is 0 Å². The molecule has 0 saturated heterocycles. The maximum Gasteiger partial charge on any atom is 0.243 e. The van der Waals surface area contributed by atoms with Crippen LogP contribution in [0, 0.1) is 5.92 Å². The van der Waals surface area contributed by atoms with Crippen LogP contribution in [-0.2, 0) is 4.79 Å². The van der Waals surface area contributed by atoms with Gasteiger partial charge >= 0.3 is 0 Å². The van der Waals surface area contributed by atoms with Crippen LogP contribution in [0.4, 0.5) is 0 Å². The summed E-state index contributed by atoms with van der Waals surface area (Å²) < 4.78 is 0. The highest BCUT2D eigenvalue weighted by molar-refractivity contribution is 5.87. The van der Waals surface area contributed by atoms with Crippen LogP contribution in [0.2, 0.25) is 0 Å². The lowest BCUT2D eigenvalue weighted by molar-refractivity contribution is -0.119. The highest BCUT2D eigenvalue weighted by Crippen LogP contribution is 2.35. The molecule has 12 heavy (non-hydrogen) atoms. The lowest BCUT2D eigenvalue weighted by Gasteiger charge is -2.40. The van der Waals surface area contributed by atoms with Gasteiger partial charge in [-0.3, -0.25) is 4.79 Å². The number of hydrogen-bond acceptors (Lipinski definition) is 1. The van der Waals surface area contributed by atoms with Crippen molar-refractivity contribution in [2.75, 3.05) is 0 Å². The summed E-state index contributed by atoms with van der Waals surface area (Å²) in [5.74, 6) is 0.591. The van der Waals surface area contributed by atoms with Crippen molar-refractivity contribution in [3.63, 3.8) is 0 Å². The largest absolute Gasteiger partial charge is 0.347 e. The van der Waals surface area contributed by atoms with Crippen molar-refractivity contribution in [1.82, 2.24) is 5.32 Å². The van der Waals surface area contributed by atoms with Gasteiger partial charge in [-0.15, -0.1) is 0 Å². The first-order valence-electron chi connectivity index (χ1n) is 4.51. The molecule has 0 aromatic heterocycles. The van der Waals surface area contributed by atoms with E-state index >= 15 is 0 Å². The second-order valence-corrected chi connectivity index (χ2v) is 4.04. The molecule has 0 atom stereocenters. The van der Waals surface area contributed by atoms with Crippen LogP contribution in [0.5, 0.6) is 0 Å². The zero-order valence-electron chi connectivity index (χ0n) is 7.89. The van der Waals surface area contributed by atoms with E-state index in [-0.39, 0.29) is 11.4 Å². The molecule has 0 bridgehead atoms. The Labute approximate surface area is 74.0 Å². The van der Waals surface area contributed by atoms with Gasteiger partial charge in [0.05, 0.1) is 0 Å². The Morgan fingerprint density at radius 2 is 2.17 bits per heavy atom. The molecule has 1 amide bonds. The lowest BCUT2D eigenvalue weighted by atomic mass is 9.72. The quantitative estimate of drug-likeness (QED) is 0.639. The van der Waals surface area contributed by atoms with Crippen LogP contribution in [0.1, 0.15) is 33.1 Å². The summed E-state index contributed by atoms with van der Waals surface area (Å²) in [6.07, 6.45) is 5.12. The predicted molar refractivity (Wildman–Crippen MR) is 49.8 cm³/mol. The van der Waals surface area contributed by atoms with Gasteiger partial charge in [-0.05, 0) is 38.7 Å². The average Bonchev–Trinajstić information content (AvgIpc) is 1.80. The van der Waals surface area contributed by atoms with Crippen molar-refractivity contribution in [3.05, 3.63) is 12.7 Å². The van der Waals surface area contributed by atoms with Crippen LogP contribution < -0.4 is 5.32 Å². The minimum Gasteiger partial charge on any atom is -0.347 e. The molecule has 1 saturated carbocycles. The standard InChI is InChI=1S/C10H17NO/c1-4-9(12)11-10(2,3)8-6-5-7-8/h4,8H,1,5-7H2,2-3H3,(H,11,12). The van der Waals surface area contributed by atoms with Gasteiger partial charge in [0.15, 0.2) is 0 Å². The molecule has 2 nitrogen and oxygen atoms in total. The Kier molecular flexibility index (Phi) is 2.55. The number of carbonyl (C=O) groups is 1. The maximum absolute atomic E-state index is 11.0. The third-order valence-corrected chi connectivity index (χ3v) is 2.76. The van der Waals surface area contributed by atoms with E-state index in [4.69, 9.17) is 0 Å². The number of rotatable bonds is 3. The lowest BCUT2D eigenvalue weighted by Crippen LogP contribution is -2.50. The topological polar surface area (TPSA) is 29.1 Å². The van der Waals surface area contributed by atoms with Gasteiger partial charge in [0.25, 0.3) is 0 Å². The maximum atomic E-state index is 11.0. The molecule has 0 aromatic rings. The van der Waals surface area contributed by atoms with E-state index < -0.39 is 0 Å². The van der Waals surface area contributed by atoms with Crippen LogP contribution in [0.3, 0.4) is 0 Å². The summed E-state index contributed by atoms with van der Waals surface area (Å²) in [4.78, 5) is 11.0. The zero-order valence-corrected chi connectivity index (χ0v) is 7.89. The Morgan fingerprint density at radius 1 is 1.58 bits per heavy atom. The molecular weight excluding hydrogens is 150 g/mol. The van der Waals surface area contributed by atoms with E-state index in [1.54, 1.807) is 0 Å². The van der Waals surface area contributed by atoms with Crippen LogP contribution in [-0.4, -0.2) is 11.4 Å². The highest BCUT2D eigenvalue weighted by atomic mass is 16.1. The molecule has 2 heteroatoms. The SMILES string of the molecule is C=CC(=O)NC(C)(C)C1CCC1. The smallest absolute Gasteiger partial charge is 0.243 e. The molecule has 0 aromatic carbocycles. The zero-order chi connectivity index (χ0) is 9.19. The van der Waals surface area contributed by atoms with Crippen LogP contribution in [0.15, 0.2) is 12.7 Å². The first-order chi connectivity index (χ1) is 5.56. The highest BCUT2D eigenvalue weighted by Gasteiger charge is 2.34. The Hall–Kier alpha value is -0.790. The van der Waals surface area contributed by atoms with E-state index in [1.807, 2.05) is 0 Å². The molecule has 0 unspecified atom stereocenters. The first kappa shape index (κ1) is 9.30. The minimum atomic E-state index is -0.0631. The van der Waals surface area contributed by atoms with Crippen molar-refractivity contribution in [2.45, 2.75) is 38.6 Å². The number of hydrogen-bond donors (Lipinski definition) is 1. The Morgan fingerprint density at radius 3 is 2.50 bits per heavy atom. The van der Waals surface area contributed by atoms with E-state index in [0.29, 0.717) is 5.92 Å². The molecule has 1 fully saturated rings. The third kappa shape index (κ3) is 1.87. The van der Waals surface area contributed by atoms with Crippen molar-refractivity contribution < 1.29 is 4.79 Å². The summed E-state index contributed by atoms with van der Waals surface area (Å²) in [7, 11) is 0. The summed E-state index contributed by atoms with van der Waals surface area (Å²) in [6.45, 7) is 7.60. The fraction of sp³-hybridized carbons (Fsp3) is 0.700. The van der Waals surface area contributed by atoms with E-state index in [9.17, 15) is 4.79 Å². The van der Waals surface area contributed by atoms with Gasteiger partial charge < -0.3 is 5.32 Å². The fourth-order valence-corrected chi connectivity index (χ4v) is 1.60. The average molecular weight is 167 g/mol. The molecule has 0 heterocycles. The molecule has 0 aliphatic heterocycles. The second kappa shape index (κ2) is 3.30. The Balaban J connectivity index is 2.46. The third-order valence-electron chi connectivity index (χ3n) is 2.76. The van der Waals surface area contributed by atoms with Gasteiger partial charge in [-0.2, -0.15) is 0 Å². The van der Waals surface area contributed by atoms with E-state index in [2.05, 4.69) is 25.7 Å². The van der Waals surface area contributed by atoms with Gasteiger partial charge in [-0.25, -0.2) is 0 Å². The van der Waals surface area contributed by atoms with Gasteiger partial charge in [0, 0.05) is 5.54 Å². The number of amides is 1. The molecular formula is C10H17NO. The molecule has 1 aliphatic rings. The molecule has 0 spiro atoms. The van der Waals surface area contributed by atoms with Crippen LogP contribution >= 0.6 is 0 Å². The summed E-state index contributed by atoms with van der Waals surface area (Å²) in [5, 5.41) is 2.95. The molecule has 1 N–H and O–H groups in total. The normalized spacial score (nSPS) is 18.2.